The highest BCUT2D eigenvalue weighted by Crippen LogP contribution is 2.35. The topological polar surface area (TPSA) is 114 Å². The fourth-order valence-electron chi connectivity index (χ4n) is 3.71. The first-order valence-corrected chi connectivity index (χ1v) is 9.01. The first-order valence-electron chi connectivity index (χ1n) is 9.01. The van der Waals surface area contributed by atoms with Crippen LogP contribution in [0, 0.1) is 5.41 Å². The zero-order chi connectivity index (χ0) is 18.8. The van der Waals surface area contributed by atoms with Crippen molar-refractivity contribution in [3.8, 4) is 11.1 Å². The summed E-state index contributed by atoms with van der Waals surface area (Å²) in [4.78, 5) is 8.65. The van der Waals surface area contributed by atoms with Crippen LogP contribution in [0.15, 0.2) is 49.1 Å². The second-order valence-electron chi connectivity index (χ2n) is 6.73. The van der Waals surface area contributed by atoms with E-state index in [4.69, 9.17) is 16.9 Å². The van der Waals surface area contributed by atoms with Gasteiger partial charge in [0.2, 0.25) is 0 Å². The Balaban J connectivity index is 1.89. The van der Waals surface area contributed by atoms with Gasteiger partial charge in [0.1, 0.15) is 5.82 Å². The molecule has 0 radical (unpaired) electrons. The van der Waals surface area contributed by atoms with Crippen molar-refractivity contribution in [3.05, 3.63) is 60.2 Å². The van der Waals surface area contributed by atoms with Gasteiger partial charge in [-0.15, -0.1) is 0 Å². The summed E-state index contributed by atoms with van der Waals surface area (Å²) in [5, 5.41) is 13.5. The lowest BCUT2D eigenvalue weighted by Gasteiger charge is -2.16. The zero-order valence-corrected chi connectivity index (χ0v) is 14.9. The summed E-state index contributed by atoms with van der Waals surface area (Å²) >= 11 is 0. The molecule has 136 valence electrons. The molecule has 1 saturated heterocycles. The smallest absolute Gasteiger partial charge is 0.131 e. The van der Waals surface area contributed by atoms with Crippen molar-refractivity contribution in [3.63, 3.8) is 0 Å². The fourth-order valence-corrected chi connectivity index (χ4v) is 3.71. The maximum atomic E-state index is 7.55. The van der Waals surface area contributed by atoms with E-state index in [1.54, 1.807) is 6.20 Å². The number of anilines is 1. The van der Waals surface area contributed by atoms with Gasteiger partial charge in [0.05, 0.1) is 0 Å². The summed E-state index contributed by atoms with van der Waals surface area (Å²) in [5.41, 5.74) is 16.1. The average molecular weight is 358 g/mol. The number of fused-ring (bicyclic) bond motifs is 1. The molecule has 6 nitrogen and oxygen atoms in total. The van der Waals surface area contributed by atoms with E-state index < -0.39 is 0 Å². The van der Waals surface area contributed by atoms with Crippen molar-refractivity contribution in [2.45, 2.75) is 18.9 Å². The lowest BCUT2D eigenvalue weighted by atomic mass is 9.93. The third-order valence-corrected chi connectivity index (χ3v) is 5.12. The number of nitrogens with one attached hydrogen (secondary N) is 2. The van der Waals surface area contributed by atoms with Gasteiger partial charge in [-0.05, 0) is 60.2 Å². The molecule has 3 aromatic rings. The molecule has 1 atom stereocenters. The van der Waals surface area contributed by atoms with Crippen molar-refractivity contribution in [1.82, 2.24) is 15.3 Å². The third kappa shape index (κ3) is 3.15. The van der Waals surface area contributed by atoms with Gasteiger partial charge in [-0.3, -0.25) is 4.98 Å². The van der Waals surface area contributed by atoms with Crippen molar-refractivity contribution in [1.29, 1.82) is 5.41 Å². The fraction of sp³-hybridized carbons (Fsp3) is 0.190. The minimum absolute atomic E-state index is 0.332. The monoisotopic (exact) mass is 358 g/mol. The molecule has 1 aromatic carbocycles. The van der Waals surface area contributed by atoms with Gasteiger partial charge in [0.15, 0.2) is 0 Å². The first kappa shape index (κ1) is 17.2. The molecular formula is C21H22N6. The highest BCUT2D eigenvalue weighted by atomic mass is 14.9. The van der Waals surface area contributed by atoms with E-state index in [-0.39, 0.29) is 0 Å². The molecule has 1 fully saturated rings. The summed E-state index contributed by atoms with van der Waals surface area (Å²) in [5.74, 6) is 0.363. The lowest BCUT2D eigenvalue weighted by Crippen LogP contribution is -2.13. The summed E-state index contributed by atoms with van der Waals surface area (Å²) < 4.78 is 0. The molecule has 6 N–H and O–H groups in total. The zero-order valence-electron chi connectivity index (χ0n) is 14.9. The van der Waals surface area contributed by atoms with Gasteiger partial charge >= 0.3 is 0 Å². The summed E-state index contributed by atoms with van der Waals surface area (Å²) in [6, 6.07) is 8.66. The molecule has 27 heavy (non-hydrogen) atoms. The van der Waals surface area contributed by atoms with Crippen LogP contribution in [0.2, 0.25) is 0 Å². The van der Waals surface area contributed by atoms with Crippen LogP contribution in [-0.4, -0.2) is 22.7 Å². The van der Waals surface area contributed by atoms with E-state index in [0.717, 1.165) is 29.5 Å². The van der Waals surface area contributed by atoms with Crippen LogP contribution in [0.4, 0.5) is 5.82 Å². The summed E-state index contributed by atoms with van der Waals surface area (Å²) in [6.07, 6.45) is 10.4. The van der Waals surface area contributed by atoms with Crippen molar-refractivity contribution in [2.24, 2.45) is 5.73 Å². The summed E-state index contributed by atoms with van der Waals surface area (Å²) in [7, 11) is 0. The van der Waals surface area contributed by atoms with Crippen molar-refractivity contribution < 1.29 is 0 Å². The number of aromatic nitrogens is 2. The van der Waals surface area contributed by atoms with E-state index in [2.05, 4.69) is 27.4 Å². The van der Waals surface area contributed by atoms with Gasteiger partial charge < -0.3 is 22.2 Å². The number of hydrogen-bond donors (Lipinski definition) is 4. The maximum absolute atomic E-state index is 7.55. The van der Waals surface area contributed by atoms with Crippen LogP contribution in [0.5, 0.6) is 0 Å². The standard InChI is InChI=1S/C21H22N6/c22-9-16(10-23)17-8-15(11-27-21(17)24)14-6-13-3-5-25-12-19(13)18(7-14)20-2-1-4-26-20/h3,5-12,20,22,26H,1-2,4,23H2,(H2,24,27). The maximum Gasteiger partial charge on any atom is 0.131 e. The van der Waals surface area contributed by atoms with E-state index in [0.29, 0.717) is 23.0 Å². The van der Waals surface area contributed by atoms with Crippen molar-refractivity contribution in [2.75, 3.05) is 12.3 Å². The second-order valence-corrected chi connectivity index (χ2v) is 6.73. The number of nitrogen functional groups attached to an aromatic ring is 1. The van der Waals surface area contributed by atoms with E-state index in [1.165, 1.54) is 29.8 Å². The first-order chi connectivity index (χ1) is 13.2. The Labute approximate surface area is 157 Å². The third-order valence-electron chi connectivity index (χ3n) is 5.12. The predicted octanol–water partition coefficient (Wildman–Crippen LogP) is 3.25. The Kier molecular flexibility index (Phi) is 4.56. The number of nitrogens with zero attached hydrogens (tertiary/aromatic N) is 2. The SMILES string of the molecule is N=CC(=CN)c1cc(-c2cc(C3CCCN3)c3cnccc3c2)cnc1N. The Hall–Kier alpha value is -3.25. The molecule has 0 amide bonds. The highest BCUT2D eigenvalue weighted by Gasteiger charge is 2.20. The number of nitrogens with two attached hydrogens (primary N) is 2. The Bertz CT molecular complexity index is 1030. The molecule has 1 aliphatic rings. The van der Waals surface area contributed by atoms with Crippen LogP contribution < -0.4 is 16.8 Å². The van der Waals surface area contributed by atoms with Crippen LogP contribution in [0.25, 0.3) is 27.5 Å². The highest BCUT2D eigenvalue weighted by molar-refractivity contribution is 6.10. The average Bonchev–Trinajstić information content (AvgIpc) is 3.24. The predicted molar refractivity (Wildman–Crippen MR) is 110 cm³/mol. The molecule has 2 aromatic heterocycles. The van der Waals surface area contributed by atoms with E-state index in [9.17, 15) is 0 Å². The normalized spacial score (nSPS) is 17.3. The molecule has 1 unspecified atom stereocenters. The van der Waals surface area contributed by atoms with Gasteiger partial charge in [0, 0.05) is 59.1 Å². The minimum atomic E-state index is 0.332. The lowest BCUT2D eigenvalue weighted by molar-refractivity contribution is 0.653. The molecule has 3 heterocycles. The number of allylic oxidation sites excluding steroid dienone is 1. The van der Waals surface area contributed by atoms with Crippen LogP contribution in [0.1, 0.15) is 30.0 Å². The van der Waals surface area contributed by atoms with Crippen LogP contribution >= 0.6 is 0 Å². The van der Waals surface area contributed by atoms with Crippen molar-refractivity contribution >= 4 is 28.4 Å². The number of rotatable bonds is 4. The molecule has 0 spiro atoms. The van der Waals surface area contributed by atoms with Gasteiger partial charge in [-0.1, -0.05) is 0 Å². The number of hydrogen-bond acceptors (Lipinski definition) is 6. The largest absolute Gasteiger partial charge is 0.404 e. The summed E-state index contributed by atoms with van der Waals surface area (Å²) in [6.45, 7) is 1.04. The van der Waals surface area contributed by atoms with Crippen LogP contribution in [0.3, 0.4) is 0 Å². The molecule has 0 saturated carbocycles. The minimum Gasteiger partial charge on any atom is -0.404 e. The Morgan fingerprint density at radius 1 is 1.22 bits per heavy atom. The van der Waals surface area contributed by atoms with Gasteiger partial charge in [-0.2, -0.15) is 0 Å². The Morgan fingerprint density at radius 3 is 2.85 bits per heavy atom. The molecule has 0 aliphatic carbocycles. The molecular weight excluding hydrogens is 336 g/mol. The van der Waals surface area contributed by atoms with E-state index >= 15 is 0 Å². The molecule has 0 bridgehead atoms. The second kappa shape index (κ2) is 7.17. The van der Waals surface area contributed by atoms with Gasteiger partial charge in [-0.25, -0.2) is 4.98 Å². The molecule has 6 heteroatoms. The Morgan fingerprint density at radius 2 is 2.11 bits per heavy atom. The van der Waals surface area contributed by atoms with E-state index in [1.807, 2.05) is 24.5 Å². The molecule has 1 aliphatic heterocycles. The number of benzene rings is 1. The van der Waals surface area contributed by atoms with Crippen LogP contribution in [-0.2, 0) is 0 Å². The quantitative estimate of drug-likeness (QED) is 0.535. The number of pyridine rings is 2. The molecule has 4 rings (SSSR count). The van der Waals surface area contributed by atoms with Gasteiger partial charge in [0.25, 0.3) is 0 Å².